The fourth-order valence-electron chi connectivity index (χ4n) is 2.96. The van der Waals surface area contributed by atoms with Crippen LogP contribution in [0.25, 0.3) is 0 Å². The van der Waals surface area contributed by atoms with Crippen molar-refractivity contribution in [1.82, 2.24) is 10.6 Å². The lowest BCUT2D eigenvalue weighted by Gasteiger charge is -2.14. The van der Waals surface area contributed by atoms with Gasteiger partial charge in [0, 0.05) is 12.1 Å². The summed E-state index contributed by atoms with van der Waals surface area (Å²) in [6.07, 6.45) is 8.02. The second-order valence-electron chi connectivity index (χ2n) is 6.25. The molecule has 2 amide bonds. The molecular formula is C18H19Cl2N3O2S. The number of nitrogens with one attached hydrogen (secondary N) is 2. The van der Waals surface area contributed by atoms with E-state index in [1.807, 2.05) is 0 Å². The third-order valence-corrected chi connectivity index (χ3v) is 5.79. The van der Waals surface area contributed by atoms with Gasteiger partial charge in [0.05, 0.1) is 15.0 Å². The molecule has 1 heterocycles. The van der Waals surface area contributed by atoms with E-state index in [0.717, 1.165) is 37.4 Å². The number of thioether (sulfide) groups is 1. The van der Waals surface area contributed by atoms with Gasteiger partial charge < -0.3 is 10.6 Å². The molecule has 0 unspecified atom stereocenters. The smallest absolute Gasteiger partial charge is 0.264 e. The number of carbonyl (C=O) groups is 2. The van der Waals surface area contributed by atoms with Gasteiger partial charge in [-0.3, -0.25) is 9.59 Å². The number of rotatable bonds is 3. The zero-order chi connectivity index (χ0) is 18.5. The molecule has 0 radical (unpaired) electrons. The average Bonchev–Trinajstić information content (AvgIpc) is 2.78. The summed E-state index contributed by atoms with van der Waals surface area (Å²) in [6.45, 7) is 0. The number of benzene rings is 1. The van der Waals surface area contributed by atoms with Crippen molar-refractivity contribution in [1.29, 1.82) is 0 Å². The zero-order valence-corrected chi connectivity index (χ0v) is 16.4. The van der Waals surface area contributed by atoms with Crippen LogP contribution in [0.15, 0.2) is 34.2 Å². The second-order valence-corrected chi connectivity index (χ2v) is 8.09. The number of aliphatic imine (C=N–C) groups is 1. The van der Waals surface area contributed by atoms with Crippen molar-refractivity contribution in [2.24, 2.45) is 4.99 Å². The Balaban J connectivity index is 1.68. The Morgan fingerprint density at radius 2 is 1.85 bits per heavy atom. The third-order valence-electron chi connectivity index (χ3n) is 4.27. The Morgan fingerprint density at radius 1 is 1.19 bits per heavy atom. The SMILES string of the molecule is O=C(C=C1SC(=Nc2c(Cl)cccc2Cl)NC1=O)NC1CCCCCC1. The van der Waals surface area contributed by atoms with E-state index in [2.05, 4.69) is 15.6 Å². The lowest BCUT2D eigenvalue weighted by molar-refractivity contribution is -0.118. The highest BCUT2D eigenvalue weighted by molar-refractivity contribution is 8.18. The largest absolute Gasteiger partial charge is 0.350 e. The first-order chi connectivity index (χ1) is 12.5. The minimum absolute atomic E-state index is 0.186. The molecule has 0 atom stereocenters. The van der Waals surface area contributed by atoms with Crippen molar-refractivity contribution in [3.8, 4) is 0 Å². The Labute approximate surface area is 166 Å². The number of hydrogen-bond acceptors (Lipinski definition) is 4. The molecule has 26 heavy (non-hydrogen) atoms. The highest BCUT2D eigenvalue weighted by Crippen LogP contribution is 2.35. The van der Waals surface area contributed by atoms with Gasteiger partial charge in [0.1, 0.15) is 5.69 Å². The fraction of sp³-hybridized carbons (Fsp3) is 0.389. The average molecular weight is 412 g/mol. The number of halogens is 2. The van der Waals surface area contributed by atoms with Gasteiger partial charge in [-0.05, 0) is 36.7 Å². The Hall–Kier alpha value is -1.50. The molecule has 5 nitrogen and oxygen atoms in total. The van der Waals surface area contributed by atoms with E-state index in [-0.39, 0.29) is 17.9 Å². The predicted octanol–water partition coefficient (Wildman–Crippen LogP) is 4.57. The first-order valence-corrected chi connectivity index (χ1v) is 10.1. The van der Waals surface area contributed by atoms with Crippen LogP contribution in [0.5, 0.6) is 0 Å². The maximum absolute atomic E-state index is 12.2. The van der Waals surface area contributed by atoms with Crippen molar-refractivity contribution in [2.75, 3.05) is 0 Å². The minimum Gasteiger partial charge on any atom is -0.350 e. The zero-order valence-electron chi connectivity index (χ0n) is 14.1. The van der Waals surface area contributed by atoms with Crippen LogP contribution in [-0.2, 0) is 9.59 Å². The van der Waals surface area contributed by atoms with Crippen LogP contribution in [0, 0.1) is 0 Å². The minimum atomic E-state index is -0.354. The second kappa shape index (κ2) is 8.93. The molecule has 3 rings (SSSR count). The summed E-state index contributed by atoms with van der Waals surface area (Å²) in [5, 5.41) is 6.76. The van der Waals surface area contributed by atoms with Gasteiger partial charge in [0.2, 0.25) is 5.91 Å². The molecule has 1 saturated heterocycles. The standard InChI is InChI=1S/C18H19Cl2N3O2S/c19-12-8-5-9-13(20)16(12)22-18-23-17(25)14(26-18)10-15(24)21-11-6-3-1-2-4-7-11/h5,8-11H,1-4,6-7H2,(H,21,24)(H,22,23,25). The summed E-state index contributed by atoms with van der Waals surface area (Å²) in [4.78, 5) is 28.9. The van der Waals surface area contributed by atoms with Gasteiger partial charge in [-0.1, -0.05) is 55.0 Å². The number of amidine groups is 1. The summed E-state index contributed by atoms with van der Waals surface area (Å²) >= 11 is 13.3. The lowest BCUT2D eigenvalue weighted by Crippen LogP contribution is -2.33. The fourth-order valence-corrected chi connectivity index (χ4v) is 4.24. The number of nitrogens with zero attached hydrogens (tertiary/aromatic N) is 1. The van der Waals surface area contributed by atoms with E-state index in [1.165, 1.54) is 18.9 Å². The molecule has 0 aromatic heterocycles. The molecule has 1 aliphatic heterocycles. The quantitative estimate of drug-likeness (QED) is 0.565. The molecule has 2 aliphatic rings. The molecule has 2 N–H and O–H groups in total. The summed E-state index contributed by atoms with van der Waals surface area (Å²) < 4.78 is 0. The maximum atomic E-state index is 12.2. The van der Waals surface area contributed by atoms with Crippen LogP contribution in [-0.4, -0.2) is 23.0 Å². The Bertz CT molecular complexity index is 751. The van der Waals surface area contributed by atoms with Crippen LogP contribution in [0.2, 0.25) is 10.0 Å². The number of hydrogen-bond donors (Lipinski definition) is 2. The van der Waals surface area contributed by atoms with Gasteiger partial charge in [0.15, 0.2) is 5.17 Å². The van der Waals surface area contributed by atoms with Gasteiger partial charge in [0.25, 0.3) is 5.91 Å². The van der Waals surface area contributed by atoms with E-state index in [9.17, 15) is 9.59 Å². The molecule has 1 aromatic rings. The summed E-state index contributed by atoms with van der Waals surface area (Å²) in [7, 11) is 0. The molecule has 8 heteroatoms. The first kappa shape index (κ1) is 19.3. The molecule has 138 valence electrons. The predicted molar refractivity (Wildman–Crippen MR) is 107 cm³/mol. The van der Waals surface area contributed by atoms with E-state index in [4.69, 9.17) is 23.2 Å². The van der Waals surface area contributed by atoms with Crippen LogP contribution in [0.4, 0.5) is 5.69 Å². The van der Waals surface area contributed by atoms with Crippen molar-refractivity contribution in [3.05, 3.63) is 39.2 Å². The normalized spacial score (nSPS) is 21.7. The van der Waals surface area contributed by atoms with Crippen molar-refractivity contribution in [3.63, 3.8) is 0 Å². The van der Waals surface area contributed by atoms with Crippen molar-refractivity contribution < 1.29 is 9.59 Å². The van der Waals surface area contributed by atoms with Crippen molar-refractivity contribution in [2.45, 2.75) is 44.6 Å². The van der Waals surface area contributed by atoms with E-state index in [1.54, 1.807) is 18.2 Å². The third kappa shape index (κ3) is 5.02. The molecule has 0 spiro atoms. The Morgan fingerprint density at radius 3 is 2.50 bits per heavy atom. The number of carbonyl (C=O) groups excluding carboxylic acids is 2. The molecule has 2 fully saturated rings. The molecule has 0 bridgehead atoms. The summed E-state index contributed by atoms with van der Waals surface area (Å²) in [6, 6.07) is 5.25. The molecule has 1 aromatic carbocycles. The summed E-state index contributed by atoms with van der Waals surface area (Å²) in [5.74, 6) is -0.598. The van der Waals surface area contributed by atoms with Crippen LogP contribution in [0.3, 0.4) is 0 Å². The topological polar surface area (TPSA) is 70.6 Å². The Kier molecular flexibility index (Phi) is 6.62. The van der Waals surface area contributed by atoms with Gasteiger partial charge >= 0.3 is 0 Å². The van der Waals surface area contributed by atoms with E-state index in [0.29, 0.717) is 25.8 Å². The monoisotopic (exact) mass is 411 g/mol. The first-order valence-electron chi connectivity index (χ1n) is 8.57. The molecule has 1 saturated carbocycles. The van der Waals surface area contributed by atoms with Crippen molar-refractivity contribution >= 4 is 57.6 Å². The lowest BCUT2D eigenvalue weighted by atomic mass is 10.1. The van der Waals surface area contributed by atoms with Gasteiger partial charge in [-0.2, -0.15) is 0 Å². The number of para-hydroxylation sites is 1. The highest BCUT2D eigenvalue weighted by Gasteiger charge is 2.26. The van der Waals surface area contributed by atoms with Crippen LogP contribution in [0.1, 0.15) is 38.5 Å². The van der Waals surface area contributed by atoms with Gasteiger partial charge in [-0.15, -0.1) is 0 Å². The van der Waals surface area contributed by atoms with E-state index < -0.39 is 0 Å². The molecule has 1 aliphatic carbocycles. The van der Waals surface area contributed by atoms with Crippen LogP contribution < -0.4 is 10.6 Å². The number of amides is 2. The summed E-state index contributed by atoms with van der Waals surface area (Å²) in [5.41, 5.74) is 0.391. The van der Waals surface area contributed by atoms with Crippen LogP contribution >= 0.6 is 35.0 Å². The molecular weight excluding hydrogens is 393 g/mol. The van der Waals surface area contributed by atoms with E-state index >= 15 is 0 Å². The van der Waals surface area contributed by atoms with Gasteiger partial charge in [-0.25, -0.2) is 4.99 Å². The maximum Gasteiger partial charge on any atom is 0.264 e. The highest BCUT2D eigenvalue weighted by atomic mass is 35.5.